The Morgan fingerprint density at radius 1 is 1.07 bits per heavy atom. The number of ether oxygens (including phenoxy) is 1. The summed E-state index contributed by atoms with van der Waals surface area (Å²) in [4.78, 5) is 37.3. The molecular formula is C22H18O7. The number of hydrogen-bond acceptors (Lipinski definition) is 6. The lowest BCUT2D eigenvalue weighted by Gasteiger charge is -2.23. The number of rotatable bonds is 4. The van der Waals surface area contributed by atoms with E-state index in [4.69, 9.17) is 5.11 Å². The highest BCUT2D eigenvalue weighted by Crippen LogP contribution is 2.40. The standard InChI is InChI=1S/C22H18O7/c1-4-11-7-15(23)12(6-5-10(2)3)19-18(11)20(25)14-9-17(29-22(27)28)16(24)8-13(14)21(19)26/h5-9,23-24H,2,4H2,1,3H3,(H,27,28)/b6-5+. The van der Waals surface area contributed by atoms with Crippen LogP contribution in [0.15, 0.2) is 36.4 Å². The van der Waals surface area contributed by atoms with Gasteiger partial charge in [-0.1, -0.05) is 31.2 Å². The largest absolute Gasteiger partial charge is 0.511 e. The molecule has 0 saturated heterocycles. The predicted octanol–water partition coefficient (Wildman–Crippen LogP) is 4.08. The van der Waals surface area contributed by atoms with Gasteiger partial charge < -0.3 is 20.1 Å². The Morgan fingerprint density at radius 2 is 1.69 bits per heavy atom. The van der Waals surface area contributed by atoms with Crippen molar-refractivity contribution < 1.29 is 34.4 Å². The van der Waals surface area contributed by atoms with Crippen LogP contribution in [0.25, 0.3) is 6.08 Å². The van der Waals surface area contributed by atoms with E-state index in [0.717, 1.165) is 12.1 Å². The van der Waals surface area contributed by atoms with Gasteiger partial charge >= 0.3 is 6.16 Å². The molecule has 29 heavy (non-hydrogen) atoms. The van der Waals surface area contributed by atoms with Gasteiger partial charge in [0.15, 0.2) is 23.1 Å². The number of carbonyl (C=O) groups is 3. The summed E-state index contributed by atoms with van der Waals surface area (Å²) in [6.45, 7) is 7.27. The molecule has 0 heterocycles. The van der Waals surface area contributed by atoms with Crippen molar-refractivity contribution in [3.8, 4) is 17.2 Å². The Balaban J connectivity index is 2.32. The normalized spacial score (nSPS) is 12.6. The van der Waals surface area contributed by atoms with Gasteiger partial charge in [0.1, 0.15) is 5.75 Å². The van der Waals surface area contributed by atoms with E-state index in [1.165, 1.54) is 12.1 Å². The molecule has 0 aliphatic heterocycles. The van der Waals surface area contributed by atoms with Crippen LogP contribution in [0.2, 0.25) is 0 Å². The number of fused-ring (bicyclic) bond motifs is 2. The fourth-order valence-corrected chi connectivity index (χ4v) is 3.30. The number of phenolic OH excluding ortho intramolecular Hbond substituents is 2. The molecule has 0 amide bonds. The molecule has 0 unspecified atom stereocenters. The quantitative estimate of drug-likeness (QED) is 0.346. The SMILES string of the molecule is C=C(C)/C=C/c1c(O)cc(CC)c2c1C(=O)c1cc(O)c(OC(=O)O)cc1C2=O. The summed E-state index contributed by atoms with van der Waals surface area (Å²) in [5, 5.41) is 29.3. The third-order valence-corrected chi connectivity index (χ3v) is 4.58. The summed E-state index contributed by atoms with van der Waals surface area (Å²) in [6, 6.07) is 3.47. The number of benzene rings is 2. The van der Waals surface area contributed by atoms with Gasteiger partial charge in [0.2, 0.25) is 0 Å². The molecule has 7 nitrogen and oxygen atoms in total. The second kappa shape index (κ2) is 7.27. The second-order valence-corrected chi connectivity index (χ2v) is 6.64. The number of aromatic hydroxyl groups is 2. The molecule has 0 bridgehead atoms. The molecule has 7 heteroatoms. The van der Waals surface area contributed by atoms with Crippen LogP contribution in [-0.2, 0) is 6.42 Å². The molecule has 0 aromatic heterocycles. The topological polar surface area (TPSA) is 121 Å². The predicted molar refractivity (Wildman–Crippen MR) is 105 cm³/mol. The average Bonchev–Trinajstić information content (AvgIpc) is 2.64. The van der Waals surface area contributed by atoms with Crippen LogP contribution in [-0.4, -0.2) is 33.0 Å². The van der Waals surface area contributed by atoms with Gasteiger partial charge in [-0.3, -0.25) is 9.59 Å². The molecule has 0 spiro atoms. The first-order valence-electron chi connectivity index (χ1n) is 8.75. The lowest BCUT2D eigenvalue weighted by atomic mass is 9.78. The van der Waals surface area contributed by atoms with Crippen molar-refractivity contribution in [2.75, 3.05) is 0 Å². The van der Waals surface area contributed by atoms with Gasteiger partial charge in [-0.05, 0) is 37.1 Å². The molecule has 2 aromatic rings. The summed E-state index contributed by atoms with van der Waals surface area (Å²) in [5.41, 5.74) is 1.32. The first-order chi connectivity index (χ1) is 13.6. The van der Waals surface area contributed by atoms with Crippen molar-refractivity contribution >= 4 is 23.8 Å². The fraction of sp³-hybridized carbons (Fsp3) is 0.136. The van der Waals surface area contributed by atoms with Crippen LogP contribution in [0.1, 0.15) is 56.8 Å². The minimum absolute atomic E-state index is 0.0307. The molecule has 3 N–H and O–H groups in total. The van der Waals surface area contributed by atoms with Gasteiger partial charge in [-0.25, -0.2) is 4.79 Å². The van der Waals surface area contributed by atoms with Crippen molar-refractivity contribution in [1.29, 1.82) is 0 Å². The van der Waals surface area contributed by atoms with Crippen molar-refractivity contribution in [1.82, 2.24) is 0 Å². The summed E-state index contributed by atoms with van der Waals surface area (Å²) < 4.78 is 4.49. The van der Waals surface area contributed by atoms with Gasteiger partial charge in [0.25, 0.3) is 0 Å². The van der Waals surface area contributed by atoms with E-state index in [1.807, 2.05) is 0 Å². The molecular weight excluding hydrogens is 376 g/mol. The fourth-order valence-electron chi connectivity index (χ4n) is 3.30. The number of hydrogen-bond donors (Lipinski definition) is 3. The molecule has 3 rings (SSSR count). The zero-order valence-corrected chi connectivity index (χ0v) is 15.8. The maximum Gasteiger partial charge on any atom is 0.511 e. The van der Waals surface area contributed by atoms with E-state index in [-0.39, 0.29) is 33.6 Å². The lowest BCUT2D eigenvalue weighted by molar-refractivity contribution is 0.0977. The number of phenols is 2. The molecule has 148 valence electrons. The third kappa shape index (κ3) is 3.38. The Morgan fingerprint density at radius 3 is 2.28 bits per heavy atom. The number of ketones is 2. The van der Waals surface area contributed by atoms with Crippen LogP contribution in [0.5, 0.6) is 17.2 Å². The van der Waals surface area contributed by atoms with Crippen LogP contribution in [0, 0.1) is 0 Å². The summed E-state index contributed by atoms with van der Waals surface area (Å²) in [7, 11) is 0. The van der Waals surface area contributed by atoms with Crippen LogP contribution in [0.4, 0.5) is 4.79 Å². The minimum atomic E-state index is -1.67. The van der Waals surface area contributed by atoms with Crippen molar-refractivity contribution in [2.24, 2.45) is 0 Å². The van der Waals surface area contributed by atoms with Gasteiger partial charge in [-0.2, -0.15) is 0 Å². The van der Waals surface area contributed by atoms with Crippen molar-refractivity contribution in [2.45, 2.75) is 20.3 Å². The smallest absolute Gasteiger partial charge is 0.507 e. The Hall–Kier alpha value is -3.87. The first-order valence-corrected chi connectivity index (χ1v) is 8.75. The van der Waals surface area contributed by atoms with Gasteiger partial charge in [-0.15, -0.1) is 0 Å². The lowest BCUT2D eigenvalue weighted by Crippen LogP contribution is -2.24. The third-order valence-electron chi connectivity index (χ3n) is 4.58. The highest BCUT2D eigenvalue weighted by Gasteiger charge is 2.35. The van der Waals surface area contributed by atoms with E-state index in [2.05, 4.69) is 11.3 Å². The van der Waals surface area contributed by atoms with E-state index in [1.54, 1.807) is 19.9 Å². The summed E-state index contributed by atoms with van der Waals surface area (Å²) in [6.07, 6.45) is 1.83. The summed E-state index contributed by atoms with van der Waals surface area (Å²) in [5.74, 6) is -2.28. The van der Waals surface area contributed by atoms with Crippen molar-refractivity contribution in [3.05, 3.63) is 69.8 Å². The maximum absolute atomic E-state index is 13.2. The average molecular weight is 394 g/mol. The molecule has 2 aromatic carbocycles. The maximum atomic E-state index is 13.2. The molecule has 0 saturated carbocycles. The number of carboxylic acid groups (broad SMARTS) is 1. The van der Waals surface area contributed by atoms with Crippen molar-refractivity contribution in [3.63, 3.8) is 0 Å². The molecule has 0 radical (unpaired) electrons. The molecule has 1 aliphatic carbocycles. The van der Waals surface area contributed by atoms with E-state index in [9.17, 15) is 24.6 Å². The highest BCUT2D eigenvalue weighted by molar-refractivity contribution is 6.30. The number of aryl methyl sites for hydroxylation is 1. The molecule has 0 fully saturated rings. The van der Waals surface area contributed by atoms with E-state index in [0.29, 0.717) is 17.6 Å². The van der Waals surface area contributed by atoms with Gasteiger partial charge in [0.05, 0.1) is 0 Å². The highest BCUT2D eigenvalue weighted by atomic mass is 16.7. The molecule has 1 aliphatic rings. The van der Waals surface area contributed by atoms with E-state index >= 15 is 0 Å². The number of allylic oxidation sites excluding steroid dienone is 2. The number of carbonyl (C=O) groups excluding carboxylic acids is 2. The zero-order valence-electron chi connectivity index (χ0n) is 15.8. The van der Waals surface area contributed by atoms with Gasteiger partial charge in [0, 0.05) is 27.8 Å². The Labute approximate surface area is 166 Å². The van der Waals surface area contributed by atoms with Crippen LogP contribution >= 0.6 is 0 Å². The molecule has 0 atom stereocenters. The summed E-state index contributed by atoms with van der Waals surface area (Å²) >= 11 is 0. The van der Waals surface area contributed by atoms with E-state index < -0.39 is 29.2 Å². The zero-order chi connectivity index (χ0) is 21.5. The second-order valence-electron chi connectivity index (χ2n) is 6.64. The van der Waals surface area contributed by atoms with Crippen LogP contribution in [0.3, 0.4) is 0 Å². The van der Waals surface area contributed by atoms with Crippen LogP contribution < -0.4 is 4.74 Å². The monoisotopic (exact) mass is 394 g/mol. The Kier molecular flexibility index (Phi) is 4.99. The minimum Gasteiger partial charge on any atom is -0.507 e. The first kappa shape index (κ1) is 19.9. The Bertz CT molecular complexity index is 1120.